The van der Waals surface area contributed by atoms with Gasteiger partial charge in [-0.15, -0.1) is 11.3 Å². The highest BCUT2D eigenvalue weighted by atomic mass is 32.1. The fourth-order valence-corrected chi connectivity index (χ4v) is 10.6. The fraction of sp³-hybridized carbons (Fsp3) is 0.0566. The molecule has 2 heteroatoms. The Hall–Kier alpha value is -6.48. The molecule has 0 atom stereocenters. The molecule has 1 aliphatic carbocycles. The molecule has 1 aromatic heterocycles. The zero-order valence-electron chi connectivity index (χ0n) is 30.8. The Morgan fingerprint density at radius 2 is 0.927 bits per heavy atom. The van der Waals surface area contributed by atoms with E-state index in [0.29, 0.717) is 0 Å². The minimum atomic E-state index is -0.118. The van der Waals surface area contributed by atoms with Crippen molar-refractivity contribution in [2.45, 2.75) is 19.3 Å². The second-order valence-electron chi connectivity index (χ2n) is 15.2. The van der Waals surface area contributed by atoms with Crippen LogP contribution in [0.25, 0.3) is 75.1 Å². The van der Waals surface area contributed by atoms with Gasteiger partial charge in [-0.25, -0.2) is 0 Å². The smallest absolute Gasteiger partial charge is 0.0640 e. The van der Waals surface area contributed by atoms with Crippen molar-refractivity contribution in [3.8, 4) is 33.4 Å². The molecule has 1 aliphatic rings. The summed E-state index contributed by atoms with van der Waals surface area (Å²) in [4.78, 5) is 2.50. The summed E-state index contributed by atoms with van der Waals surface area (Å²) in [6.45, 7) is 4.74. The summed E-state index contributed by atoms with van der Waals surface area (Å²) in [5.41, 5.74) is 13.7. The van der Waals surface area contributed by atoms with Crippen LogP contribution < -0.4 is 4.90 Å². The summed E-state index contributed by atoms with van der Waals surface area (Å²) in [5, 5.41) is 7.84. The summed E-state index contributed by atoms with van der Waals surface area (Å²) >= 11 is 1.93. The lowest BCUT2D eigenvalue weighted by Crippen LogP contribution is -2.16. The first-order valence-electron chi connectivity index (χ1n) is 19.1. The van der Waals surface area contributed by atoms with E-state index in [0.717, 1.165) is 11.4 Å². The molecular formula is C53H37NS. The SMILES string of the molecule is CC1(C)c2ccccc2-c2ccc(N(c3ccc(-c4ccccc4)cc3)c3ccc(-c4ccccc4)c4c3sc3c5ccccc5c5ccccc5c34)cc21. The van der Waals surface area contributed by atoms with Gasteiger partial charge in [-0.2, -0.15) is 0 Å². The number of fused-ring (bicyclic) bond motifs is 11. The first-order valence-corrected chi connectivity index (χ1v) is 19.9. The third kappa shape index (κ3) is 4.85. The van der Waals surface area contributed by atoms with E-state index in [1.165, 1.54) is 91.9 Å². The van der Waals surface area contributed by atoms with Gasteiger partial charge in [-0.1, -0.05) is 172 Å². The lowest BCUT2D eigenvalue weighted by atomic mass is 9.82. The maximum atomic E-state index is 2.50. The van der Waals surface area contributed by atoms with E-state index in [2.05, 4.69) is 207 Å². The van der Waals surface area contributed by atoms with Crippen molar-refractivity contribution in [3.05, 3.63) is 199 Å². The van der Waals surface area contributed by atoms with Crippen molar-refractivity contribution >= 4 is 70.1 Å². The van der Waals surface area contributed by atoms with Crippen molar-refractivity contribution in [3.63, 3.8) is 0 Å². The first-order chi connectivity index (χ1) is 27.1. The minimum absolute atomic E-state index is 0.118. The summed E-state index contributed by atoms with van der Waals surface area (Å²) < 4.78 is 2.62. The Kier molecular flexibility index (Phi) is 7.14. The van der Waals surface area contributed by atoms with E-state index in [4.69, 9.17) is 0 Å². The predicted octanol–water partition coefficient (Wildman–Crippen LogP) is 15.5. The highest BCUT2D eigenvalue weighted by molar-refractivity contribution is 7.27. The van der Waals surface area contributed by atoms with Crippen LogP contribution >= 0.6 is 11.3 Å². The Morgan fingerprint density at radius 1 is 0.382 bits per heavy atom. The minimum Gasteiger partial charge on any atom is -0.309 e. The van der Waals surface area contributed by atoms with Gasteiger partial charge >= 0.3 is 0 Å². The van der Waals surface area contributed by atoms with Crippen molar-refractivity contribution in [2.75, 3.05) is 4.90 Å². The van der Waals surface area contributed by atoms with Crippen molar-refractivity contribution in [1.82, 2.24) is 0 Å². The van der Waals surface area contributed by atoms with Gasteiger partial charge in [0.1, 0.15) is 0 Å². The zero-order chi connectivity index (χ0) is 36.7. The van der Waals surface area contributed by atoms with Gasteiger partial charge < -0.3 is 4.90 Å². The topological polar surface area (TPSA) is 3.24 Å². The predicted molar refractivity (Wildman–Crippen MR) is 237 cm³/mol. The standard InChI is InChI=1S/C53H37NS/c1-53(2)46-24-14-13-21-42(46)43-30-29-38(33-47(43)53)54(37-27-25-35(26-28-37)34-15-5-3-6-16-34)48-32-31-39(36-17-7-4-8-18-36)49-50-44-22-11-9-19-40(44)41-20-10-12-23-45(41)51(50)55-52(48)49/h3-33H,1-2H3. The molecule has 0 fully saturated rings. The number of benzene rings is 9. The van der Waals surface area contributed by atoms with Gasteiger partial charge in [0, 0.05) is 37.6 Å². The van der Waals surface area contributed by atoms with Gasteiger partial charge in [0.15, 0.2) is 0 Å². The number of hydrogen-bond donors (Lipinski definition) is 0. The molecule has 0 bridgehead atoms. The maximum Gasteiger partial charge on any atom is 0.0640 e. The quantitative estimate of drug-likeness (QED) is 0.160. The van der Waals surface area contributed by atoms with Gasteiger partial charge in [-0.05, 0) is 91.0 Å². The maximum absolute atomic E-state index is 2.50. The molecule has 0 N–H and O–H groups in total. The average Bonchev–Trinajstić information content (AvgIpc) is 3.76. The number of nitrogens with zero attached hydrogens (tertiary/aromatic N) is 1. The Labute approximate surface area is 325 Å². The third-order valence-electron chi connectivity index (χ3n) is 11.9. The zero-order valence-corrected chi connectivity index (χ0v) is 31.6. The lowest BCUT2D eigenvalue weighted by molar-refractivity contribution is 0.660. The van der Waals surface area contributed by atoms with Crippen LogP contribution in [0.4, 0.5) is 17.1 Å². The second kappa shape index (κ2) is 12.3. The normalized spacial score (nSPS) is 13.1. The molecule has 55 heavy (non-hydrogen) atoms. The van der Waals surface area contributed by atoms with Crippen LogP contribution in [0.1, 0.15) is 25.0 Å². The number of anilines is 3. The highest BCUT2D eigenvalue weighted by Crippen LogP contribution is 2.54. The highest BCUT2D eigenvalue weighted by Gasteiger charge is 2.36. The van der Waals surface area contributed by atoms with Crippen LogP contribution in [-0.2, 0) is 5.41 Å². The molecule has 0 unspecified atom stereocenters. The average molecular weight is 720 g/mol. The molecule has 0 spiro atoms. The van der Waals surface area contributed by atoms with Crippen LogP contribution in [0.3, 0.4) is 0 Å². The van der Waals surface area contributed by atoms with Crippen LogP contribution in [0.15, 0.2) is 188 Å². The van der Waals surface area contributed by atoms with E-state index in [1.807, 2.05) is 11.3 Å². The van der Waals surface area contributed by atoms with E-state index in [1.54, 1.807) is 0 Å². The number of thiophene rings is 1. The summed E-state index contributed by atoms with van der Waals surface area (Å²) in [5.74, 6) is 0. The van der Waals surface area contributed by atoms with Crippen LogP contribution in [0, 0.1) is 0 Å². The summed E-state index contributed by atoms with van der Waals surface area (Å²) in [6, 6.07) is 69.4. The largest absolute Gasteiger partial charge is 0.309 e. The fourth-order valence-electron chi connectivity index (χ4n) is 9.21. The second-order valence-corrected chi connectivity index (χ2v) is 16.3. The monoisotopic (exact) mass is 719 g/mol. The van der Waals surface area contributed by atoms with Gasteiger partial charge in [0.2, 0.25) is 0 Å². The molecule has 260 valence electrons. The van der Waals surface area contributed by atoms with Crippen LogP contribution in [0.2, 0.25) is 0 Å². The Bertz CT molecular complexity index is 3100. The van der Waals surface area contributed by atoms with Crippen LogP contribution in [-0.4, -0.2) is 0 Å². The number of rotatable bonds is 5. The van der Waals surface area contributed by atoms with Gasteiger partial charge in [-0.3, -0.25) is 0 Å². The third-order valence-corrected chi connectivity index (χ3v) is 13.1. The molecular weight excluding hydrogens is 683 g/mol. The van der Waals surface area contributed by atoms with E-state index < -0.39 is 0 Å². The van der Waals surface area contributed by atoms with Crippen molar-refractivity contribution in [1.29, 1.82) is 0 Å². The van der Waals surface area contributed by atoms with Crippen molar-refractivity contribution in [2.24, 2.45) is 0 Å². The Morgan fingerprint density at radius 3 is 1.67 bits per heavy atom. The van der Waals surface area contributed by atoms with E-state index >= 15 is 0 Å². The van der Waals surface area contributed by atoms with Gasteiger partial charge in [0.05, 0.1) is 10.4 Å². The molecule has 9 aromatic carbocycles. The molecule has 0 saturated heterocycles. The molecule has 0 aliphatic heterocycles. The number of hydrogen-bond acceptors (Lipinski definition) is 2. The molecule has 0 saturated carbocycles. The summed E-state index contributed by atoms with van der Waals surface area (Å²) in [7, 11) is 0. The van der Waals surface area contributed by atoms with E-state index in [9.17, 15) is 0 Å². The molecule has 11 rings (SSSR count). The molecule has 1 nitrogen and oxygen atoms in total. The molecule has 0 radical (unpaired) electrons. The van der Waals surface area contributed by atoms with Crippen LogP contribution in [0.5, 0.6) is 0 Å². The van der Waals surface area contributed by atoms with Gasteiger partial charge in [0.25, 0.3) is 0 Å². The molecule has 0 amide bonds. The first kappa shape index (κ1) is 32.0. The Balaban J connectivity index is 1.23. The molecule has 10 aromatic rings. The van der Waals surface area contributed by atoms with Crippen molar-refractivity contribution < 1.29 is 0 Å². The van der Waals surface area contributed by atoms with E-state index in [-0.39, 0.29) is 5.41 Å². The molecule has 1 heterocycles. The summed E-state index contributed by atoms with van der Waals surface area (Å²) in [6.07, 6.45) is 0. The lowest BCUT2D eigenvalue weighted by Gasteiger charge is -2.29.